The van der Waals surface area contributed by atoms with Crippen LogP contribution in [0.2, 0.25) is 0 Å². The van der Waals surface area contributed by atoms with Gasteiger partial charge in [-0.15, -0.1) is 5.06 Å². The summed E-state index contributed by atoms with van der Waals surface area (Å²) in [5.41, 5.74) is 1.11. The van der Waals surface area contributed by atoms with E-state index in [4.69, 9.17) is 4.74 Å². The molecule has 0 spiro atoms. The lowest BCUT2D eigenvalue weighted by Gasteiger charge is -2.16. The number of benzene rings is 1. The summed E-state index contributed by atoms with van der Waals surface area (Å²) < 4.78 is 5.21. The number of rotatable bonds is 8. The summed E-state index contributed by atoms with van der Waals surface area (Å²) in [6.45, 7) is 13.0. The Kier molecular flexibility index (Phi) is 13.0. The van der Waals surface area contributed by atoms with Crippen LogP contribution in [0.3, 0.4) is 0 Å². The van der Waals surface area contributed by atoms with E-state index in [9.17, 15) is 24.0 Å². The van der Waals surface area contributed by atoms with Crippen molar-refractivity contribution < 1.29 is 28.8 Å². The van der Waals surface area contributed by atoms with Gasteiger partial charge < -0.3 is 19.9 Å². The molecule has 0 unspecified atom stereocenters. The molecule has 36 heavy (non-hydrogen) atoms. The minimum Gasteiger partial charge on any atom is -0.382 e. The first-order valence-corrected chi connectivity index (χ1v) is 11.8. The van der Waals surface area contributed by atoms with Crippen molar-refractivity contribution >= 4 is 35.2 Å². The number of carbonyl (C=O) groups excluding carboxylic acids is 4. The fourth-order valence-corrected chi connectivity index (χ4v) is 2.75. The number of hydroxylamine groups is 2. The number of H-pyrrole nitrogens is 1. The van der Waals surface area contributed by atoms with Gasteiger partial charge in [-0.1, -0.05) is 39.8 Å². The molecule has 1 saturated heterocycles. The van der Waals surface area contributed by atoms with Gasteiger partial charge in [-0.05, 0) is 37.3 Å². The molecule has 0 radical (unpaired) electrons. The number of amides is 3. The fourth-order valence-electron chi connectivity index (χ4n) is 2.75. The van der Waals surface area contributed by atoms with E-state index in [1.807, 2.05) is 13.8 Å². The quantitative estimate of drug-likeness (QED) is 0.317. The molecular formula is C25H36N4O7. The summed E-state index contributed by atoms with van der Waals surface area (Å²) in [4.78, 5) is 65.0. The summed E-state index contributed by atoms with van der Waals surface area (Å²) in [5.74, 6) is -1.35. The van der Waals surface area contributed by atoms with Gasteiger partial charge in [-0.25, -0.2) is 4.98 Å². The van der Waals surface area contributed by atoms with Crippen LogP contribution in [0.4, 0.5) is 0 Å². The van der Waals surface area contributed by atoms with Crippen molar-refractivity contribution in [1.29, 1.82) is 0 Å². The third kappa shape index (κ3) is 10.8. The van der Waals surface area contributed by atoms with Crippen molar-refractivity contribution in [3.63, 3.8) is 0 Å². The van der Waals surface area contributed by atoms with Crippen LogP contribution in [0.15, 0.2) is 29.1 Å². The number of imide groups is 1. The van der Waals surface area contributed by atoms with Crippen molar-refractivity contribution in [3.8, 4) is 0 Å². The first kappa shape index (κ1) is 30.4. The molecule has 2 heterocycles. The Bertz CT molecular complexity index is 1060. The maximum absolute atomic E-state index is 11.7. The van der Waals surface area contributed by atoms with Gasteiger partial charge >= 0.3 is 6.47 Å². The van der Waals surface area contributed by atoms with E-state index < -0.39 is 23.3 Å². The number of hydrogen-bond acceptors (Lipinski definition) is 8. The van der Waals surface area contributed by atoms with E-state index in [2.05, 4.69) is 40.9 Å². The molecule has 0 atom stereocenters. The van der Waals surface area contributed by atoms with Gasteiger partial charge in [0.1, 0.15) is 0 Å². The van der Waals surface area contributed by atoms with E-state index >= 15 is 0 Å². The highest BCUT2D eigenvalue weighted by Gasteiger charge is 2.30. The van der Waals surface area contributed by atoms with Gasteiger partial charge in [-0.2, -0.15) is 0 Å². The Balaban J connectivity index is 0.000000293. The first-order chi connectivity index (χ1) is 17.0. The molecule has 1 aliphatic rings. The van der Waals surface area contributed by atoms with Crippen molar-refractivity contribution in [3.05, 3.63) is 40.3 Å². The van der Waals surface area contributed by atoms with E-state index in [1.54, 1.807) is 24.3 Å². The Labute approximate surface area is 210 Å². The lowest BCUT2D eigenvalue weighted by atomic mass is 9.93. The predicted molar refractivity (Wildman–Crippen MR) is 134 cm³/mol. The molecule has 1 aliphatic heterocycles. The van der Waals surface area contributed by atoms with E-state index in [-0.39, 0.29) is 25.0 Å². The predicted octanol–water partition coefficient (Wildman–Crippen LogP) is 2.75. The average molecular weight is 505 g/mol. The number of carbonyl (C=O) groups is 4. The van der Waals surface area contributed by atoms with Crippen LogP contribution in [-0.4, -0.2) is 59.0 Å². The zero-order chi connectivity index (χ0) is 27.1. The fraction of sp³-hybridized carbons (Fsp3) is 0.520. The van der Waals surface area contributed by atoms with Gasteiger partial charge in [0.05, 0.1) is 11.0 Å². The molecule has 11 nitrogen and oxygen atoms in total. The average Bonchev–Trinajstić information content (AvgIpc) is 3.15. The molecule has 2 N–H and O–H groups in total. The minimum absolute atomic E-state index is 0.0567. The van der Waals surface area contributed by atoms with Gasteiger partial charge in [0.2, 0.25) is 0 Å². The Morgan fingerprint density at radius 2 is 1.78 bits per heavy atom. The number of hydrogen-bond donors (Lipinski definition) is 2. The zero-order valence-electron chi connectivity index (χ0n) is 21.6. The highest BCUT2D eigenvalue weighted by molar-refractivity contribution is 6.01. The van der Waals surface area contributed by atoms with Gasteiger partial charge in [-0.3, -0.25) is 24.0 Å². The maximum Gasteiger partial charge on any atom is 0.321 e. The topological polar surface area (TPSA) is 148 Å². The second kappa shape index (κ2) is 15.4. The molecule has 1 aromatic heterocycles. The first-order valence-electron chi connectivity index (χ1n) is 11.8. The number of aromatic amines is 1. The third-order valence-corrected chi connectivity index (χ3v) is 4.70. The third-order valence-electron chi connectivity index (χ3n) is 4.70. The van der Waals surface area contributed by atoms with Crippen molar-refractivity contribution in [1.82, 2.24) is 20.3 Å². The number of nitrogens with one attached hydrogen (secondary N) is 2. The monoisotopic (exact) mass is 504 g/mol. The summed E-state index contributed by atoms with van der Waals surface area (Å²) in [5, 5.41) is 3.11. The van der Waals surface area contributed by atoms with Crippen molar-refractivity contribution in [2.75, 3.05) is 19.8 Å². The van der Waals surface area contributed by atoms with Crippen LogP contribution in [0.5, 0.6) is 0 Å². The van der Waals surface area contributed by atoms with Crippen LogP contribution in [-0.2, 0) is 24.0 Å². The number of ether oxygens (including phenoxy) is 1. The van der Waals surface area contributed by atoms with Gasteiger partial charge in [0, 0.05) is 32.6 Å². The number of aromatic nitrogens is 2. The van der Waals surface area contributed by atoms with Crippen LogP contribution in [0, 0.1) is 5.41 Å². The lowest BCUT2D eigenvalue weighted by molar-refractivity contribution is -0.188. The van der Waals surface area contributed by atoms with Crippen LogP contribution in [0.1, 0.15) is 70.8 Å². The Morgan fingerprint density at radius 1 is 1.14 bits per heavy atom. The maximum atomic E-state index is 11.7. The van der Waals surface area contributed by atoms with Crippen LogP contribution >= 0.6 is 0 Å². The SMILES string of the molecule is CCCNC(=O)c1nc2ccccc2[nH]c1=O.CCOCCC(C)(C)C.O=CON1C(=O)CCC1=O. The van der Waals surface area contributed by atoms with Gasteiger partial charge in [0.15, 0.2) is 5.69 Å². The number of fused-ring (bicyclic) bond motifs is 1. The minimum atomic E-state index is -0.461. The van der Waals surface area contributed by atoms with E-state index in [0.29, 0.717) is 28.1 Å². The molecule has 3 rings (SSSR count). The van der Waals surface area contributed by atoms with Crippen molar-refractivity contribution in [2.24, 2.45) is 5.41 Å². The normalized spacial score (nSPS) is 12.9. The second-order valence-corrected chi connectivity index (χ2v) is 8.98. The molecule has 198 valence electrons. The highest BCUT2D eigenvalue weighted by atomic mass is 16.7. The number of nitrogens with zero attached hydrogens (tertiary/aromatic N) is 2. The summed E-state index contributed by atoms with van der Waals surface area (Å²) >= 11 is 0. The standard InChI is InChI=1S/C12H13N3O2.C8H18O.C5H5NO4/c1-2-7-13-11(16)10-12(17)15-9-6-4-3-5-8(9)14-10;1-5-9-7-6-8(2,3)4;7-3-10-6-4(8)1-2-5(6)9/h3-6H,2,7H2,1H3,(H,13,16)(H,15,17);5-7H2,1-4H3;3H,1-2H2. The molecule has 0 aliphatic carbocycles. The van der Waals surface area contributed by atoms with E-state index in [1.165, 1.54) is 0 Å². The largest absolute Gasteiger partial charge is 0.382 e. The van der Waals surface area contributed by atoms with Crippen molar-refractivity contribution in [2.45, 2.75) is 60.3 Å². The van der Waals surface area contributed by atoms with Gasteiger partial charge in [0.25, 0.3) is 23.3 Å². The summed E-state index contributed by atoms with van der Waals surface area (Å²) in [6.07, 6.45) is 2.23. The summed E-state index contributed by atoms with van der Waals surface area (Å²) in [7, 11) is 0. The molecule has 11 heteroatoms. The molecule has 1 fully saturated rings. The Morgan fingerprint density at radius 3 is 2.33 bits per heavy atom. The number of para-hydroxylation sites is 2. The lowest BCUT2D eigenvalue weighted by Crippen LogP contribution is -2.31. The van der Waals surface area contributed by atoms with Crippen LogP contribution < -0.4 is 10.9 Å². The molecule has 0 saturated carbocycles. The smallest absolute Gasteiger partial charge is 0.321 e. The molecule has 1 aromatic carbocycles. The summed E-state index contributed by atoms with van der Waals surface area (Å²) in [6, 6.07) is 7.11. The zero-order valence-corrected chi connectivity index (χ0v) is 21.6. The van der Waals surface area contributed by atoms with Crippen LogP contribution in [0.25, 0.3) is 11.0 Å². The molecule has 3 amide bonds. The molecular weight excluding hydrogens is 468 g/mol. The molecule has 0 bridgehead atoms. The Hall–Kier alpha value is -3.60. The molecule has 2 aromatic rings. The highest BCUT2D eigenvalue weighted by Crippen LogP contribution is 2.17. The second-order valence-electron chi connectivity index (χ2n) is 8.98. The van der Waals surface area contributed by atoms with E-state index in [0.717, 1.165) is 26.1 Å².